The van der Waals surface area contributed by atoms with E-state index in [9.17, 15) is 0 Å². The van der Waals surface area contributed by atoms with Crippen molar-refractivity contribution in [3.63, 3.8) is 0 Å². The van der Waals surface area contributed by atoms with Crippen LogP contribution in [0.25, 0.3) is 0 Å². The molecule has 0 amide bonds. The number of halogens is 1. The van der Waals surface area contributed by atoms with E-state index in [4.69, 9.17) is 0 Å². The van der Waals surface area contributed by atoms with E-state index in [1.165, 1.54) is 50.9 Å². The van der Waals surface area contributed by atoms with Crippen LogP contribution in [0.15, 0.2) is 30.3 Å². The van der Waals surface area contributed by atoms with Crippen LogP contribution >= 0.6 is 15.9 Å². The summed E-state index contributed by atoms with van der Waals surface area (Å²) in [6.45, 7) is 8.50. The van der Waals surface area contributed by atoms with Crippen molar-refractivity contribution in [1.29, 1.82) is 0 Å². The Hall–Kier alpha value is -0.340. The quantitative estimate of drug-likeness (QED) is 0.569. The molecule has 0 radical (unpaired) electrons. The maximum absolute atomic E-state index is 3.82. The Balaban J connectivity index is 1.66. The summed E-state index contributed by atoms with van der Waals surface area (Å²) in [5.74, 6) is 0. The minimum absolute atomic E-state index is 0.414. The van der Waals surface area contributed by atoms with Gasteiger partial charge in [0.25, 0.3) is 0 Å². The molecule has 19 heavy (non-hydrogen) atoms. The molecule has 0 spiro atoms. The molecule has 1 fully saturated rings. The van der Waals surface area contributed by atoms with Crippen molar-refractivity contribution in [2.45, 2.75) is 44.4 Å². The Labute approximate surface area is 126 Å². The highest BCUT2D eigenvalue weighted by Gasteiger charge is 2.33. The fourth-order valence-corrected chi connectivity index (χ4v) is 3.29. The molecule has 1 aromatic carbocycles. The molecule has 0 saturated carbocycles. The van der Waals surface area contributed by atoms with Gasteiger partial charge in [-0.05, 0) is 49.8 Å². The average Bonchev–Trinajstić information content (AvgIpc) is 2.40. The summed E-state index contributed by atoms with van der Waals surface area (Å²) in [5, 5.41) is 0. The lowest BCUT2D eigenvalue weighted by molar-refractivity contribution is 0.125. The van der Waals surface area contributed by atoms with Gasteiger partial charge in [-0.1, -0.05) is 60.1 Å². The molecule has 1 saturated heterocycles. The van der Waals surface area contributed by atoms with Crippen molar-refractivity contribution in [2.24, 2.45) is 5.41 Å². The fraction of sp³-hybridized carbons (Fsp3) is 0.647. The SMILES string of the molecule is CC1(C)CN(CCCCc2ccccc2)CCC1Br. The highest BCUT2D eigenvalue weighted by atomic mass is 79.9. The Morgan fingerprint density at radius 3 is 2.63 bits per heavy atom. The number of nitrogens with zero attached hydrogens (tertiary/aromatic N) is 1. The van der Waals surface area contributed by atoms with Gasteiger partial charge in [0.15, 0.2) is 0 Å². The Kier molecular flexibility index (Phi) is 5.47. The zero-order valence-corrected chi connectivity index (χ0v) is 13.8. The van der Waals surface area contributed by atoms with Crippen LogP contribution in [0.3, 0.4) is 0 Å². The molecule has 0 N–H and O–H groups in total. The smallest absolute Gasteiger partial charge is 0.0221 e. The third-order valence-electron chi connectivity index (χ3n) is 4.21. The van der Waals surface area contributed by atoms with Gasteiger partial charge in [-0.25, -0.2) is 0 Å². The minimum atomic E-state index is 0.414. The molecule has 2 heteroatoms. The summed E-state index contributed by atoms with van der Waals surface area (Å²) in [7, 11) is 0. The third-order valence-corrected chi connectivity index (χ3v) is 5.91. The highest BCUT2D eigenvalue weighted by Crippen LogP contribution is 2.34. The summed E-state index contributed by atoms with van der Waals surface area (Å²) in [4.78, 5) is 3.32. The Morgan fingerprint density at radius 1 is 1.21 bits per heavy atom. The van der Waals surface area contributed by atoms with Crippen molar-refractivity contribution in [1.82, 2.24) is 4.90 Å². The number of likely N-dealkylation sites (tertiary alicyclic amines) is 1. The number of aryl methyl sites for hydroxylation is 1. The van der Waals surface area contributed by atoms with Crippen LogP contribution in [0.2, 0.25) is 0 Å². The van der Waals surface area contributed by atoms with Gasteiger partial charge in [0.05, 0.1) is 0 Å². The minimum Gasteiger partial charge on any atom is -0.303 e. The standard InChI is InChI=1S/C17H26BrN/c1-17(2)14-19(13-11-16(17)18)12-7-6-10-15-8-4-3-5-9-15/h3-5,8-9,16H,6-7,10-14H2,1-2H3. The Morgan fingerprint density at radius 2 is 1.95 bits per heavy atom. The van der Waals surface area contributed by atoms with Crippen molar-refractivity contribution >= 4 is 15.9 Å². The lowest BCUT2D eigenvalue weighted by Gasteiger charge is -2.42. The van der Waals surface area contributed by atoms with Gasteiger partial charge in [-0.15, -0.1) is 0 Å². The van der Waals surface area contributed by atoms with Gasteiger partial charge in [-0.3, -0.25) is 0 Å². The van der Waals surface area contributed by atoms with E-state index in [0.717, 1.165) is 0 Å². The normalized spacial score (nSPS) is 23.4. The fourth-order valence-electron chi connectivity index (χ4n) is 2.94. The number of piperidine rings is 1. The van der Waals surface area contributed by atoms with E-state index < -0.39 is 0 Å². The molecule has 1 unspecified atom stereocenters. The van der Waals surface area contributed by atoms with Gasteiger partial charge >= 0.3 is 0 Å². The zero-order chi connectivity index (χ0) is 13.7. The van der Waals surface area contributed by atoms with Crippen molar-refractivity contribution in [3.05, 3.63) is 35.9 Å². The summed E-state index contributed by atoms with van der Waals surface area (Å²) in [6, 6.07) is 10.8. The Bertz CT molecular complexity index is 374. The van der Waals surface area contributed by atoms with Crippen molar-refractivity contribution < 1.29 is 0 Å². The molecule has 2 rings (SSSR count). The second-order valence-electron chi connectivity index (χ2n) is 6.46. The van der Waals surface area contributed by atoms with E-state index >= 15 is 0 Å². The lowest BCUT2D eigenvalue weighted by atomic mass is 9.84. The lowest BCUT2D eigenvalue weighted by Crippen LogP contribution is -2.46. The predicted octanol–water partition coefficient (Wildman–Crippen LogP) is 4.50. The molecule has 0 aliphatic carbocycles. The number of rotatable bonds is 5. The average molecular weight is 324 g/mol. The topological polar surface area (TPSA) is 3.24 Å². The molecule has 0 bridgehead atoms. The summed E-state index contributed by atoms with van der Waals surface area (Å²) < 4.78 is 0. The monoisotopic (exact) mass is 323 g/mol. The molecular formula is C17H26BrN. The van der Waals surface area contributed by atoms with Gasteiger partial charge < -0.3 is 4.90 Å². The highest BCUT2D eigenvalue weighted by molar-refractivity contribution is 9.09. The first kappa shape index (κ1) is 15.1. The summed E-state index contributed by atoms with van der Waals surface area (Å²) >= 11 is 3.82. The number of alkyl halides is 1. The molecular weight excluding hydrogens is 298 g/mol. The van der Waals surface area contributed by atoms with E-state index in [1.807, 2.05) is 0 Å². The van der Waals surface area contributed by atoms with E-state index in [2.05, 4.69) is 65.0 Å². The number of hydrogen-bond donors (Lipinski definition) is 0. The second kappa shape index (κ2) is 6.90. The predicted molar refractivity (Wildman–Crippen MR) is 86.9 cm³/mol. The molecule has 1 aliphatic rings. The maximum Gasteiger partial charge on any atom is 0.0221 e. The van der Waals surface area contributed by atoms with Crippen LogP contribution in [0.1, 0.15) is 38.7 Å². The number of benzene rings is 1. The van der Waals surface area contributed by atoms with Gasteiger partial charge in [0, 0.05) is 11.4 Å². The van der Waals surface area contributed by atoms with Crippen LogP contribution < -0.4 is 0 Å². The molecule has 106 valence electrons. The van der Waals surface area contributed by atoms with Crippen molar-refractivity contribution in [2.75, 3.05) is 19.6 Å². The molecule has 0 aromatic heterocycles. The van der Waals surface area contributed by atoms with Crippen LogP contribution in [-0.4, -0.2) is 29.4 Å². The largest absolute Gasteiger partial charge is 0.303 e. The van der Waals surface area contributed by atoms with Crippen LogP contribution in [-0.2, 0) is 6.42 Å². The maximum atomic E-state index is 3.82. The third kappa shape index (κ3) is 4.61. The molecule has 1 nitrogen and oxygen atoms in total. The van der Waals surface area contributed by atoms with Gasteiger partial charge in [0.1, 0.15) is 0 Å². The molecule has 1 aromatic rings. The first-order valence-corrected chi connectivity index (χ1v) is 8.40. The summed E-state index contributed by atoms with van der Waals surface area (Å²) in [5.41, 5.74) is 1.89. The van der Waals surface area contributed by atoms with Crippen LogP contribution in [0.4, 0.5) is 0 Å². The zero-order valence-electron chi connectivity index (χ0n) is 12.2. The first-order valence-electron chi connectivity index (χ1n) is 7.48. The molecule has 1 heterocycles. The second-order valence-corrected chi connectivity index (χ2v) is 7.57. The van der Waals surface area contributed by atoms with E-state index in [-0.39, 0.29) is 0 Å². The van der Waals surface area contributed by atoms with Gasteiger partial charge in [-0.2, -0.15) is 0 Å². The molecule has 1 aliphatic heterocycles. The van der Waals surface area contributed by atoms with Gasteiger partial charge in [0.2, 0.25) is 0 Å². The van der Waals surface area contributed by atoms with Crippen molar-refractivity contribution in [3.8, 4) is 0 Å². The number of unbranched alkanes of at least 4 members (excludes halogenated alkanes) is 1. The van der Waals surface area contributed by atoms with Crippen LogP contribution in [0.5, 0.6) is 0 Å². The molecule has 1 atom stereocenters. The van der Waals surface area contributed by atoms with E-state index in [0.29, 0.717) is 10.2 Å². The van der Waals surface area contributed by atoms with E-state index in [1.54, 1.807) is 0 Å². The summed E-state index contributed by atoms with van der Waals surface area (Å²) in [6.07, 6.45) is 5.13. The first-order chi connectivity index (χ1) is 9.08. The number of hydrogen-bond acceptors (Lipinski definition) is 1. The van der Waals surface area contributed by atoms with Crippen LogP contribution in [0, 0.1) is 5.41 Å².